The quantitative estimate of drug-likeness (QED) is 0.691. The average molecular weight is 457 g/mol. The number of sulfonamides is 2. The highest BCUT2D eigenvalue weighted by atomic mass is 32.2. The van der Waals surface area contributed by atoms with Gasteiger partial charge in [-0.1, -0.05) is 18.2 Å². The van der Waals surface area contributed by atoms with E-state index in [0.717, 1.165) is 6.42 Å². The summed E-state index contributed by atoms with van der Waals surface area (Å²) in [5.41, 5.74) is -0.539. The second-order valence-corrected chi connectivity index (χ2v) is 11.1. The number of nitrogens with zero attached hydrogens (tertiary/aromatic N) is 1. The zero-order valence-corrected chi connectivity index (χ0v) is 18.5. The summed E-state index contributed by atoms with van der Waals surface area (Å²) >= 11 is 0. The van der Waals surface area contributed by atoms with Gasteiger partial charge in [0.2, 0.25) is 20.0 Å². The lowest BCUT2D eigenvalue weighted by Crippen LogP contribution is -2.40. The van der Waals surface area contributed by atoms with Gasteiger partial charge < -0.3 is 4.74 Å². The molecule has 0 radical (unpaired) electrons. The molecule has 0 aliphatic carbocycles. The molecular weight excluding hydrogens is 431 g/mol. The molecule has 1 atom stereocenters. The Hall–Kier alpha value is -2.01. The van der Waals surface area contributed by atoms with E-state index in [0.29, 0.717) is 18.7 Å². The molecule has 0 saturated carbocycles. The van der Waals surface area contributed by atoms with Gasteiger partial charge in [0.05, 0.1) is 16.3 Å². The van der Waals surface area contributed by atoms with Crippen LogP contribution in [0.3, 0.4) is 0 Å². The summed E-state index contributed by atoms with van der Waals surface area (Å²) in [6, 6.07) is 11.7. The van der Waals surface area contributed by atoms with E-state index in [2.05, 4.69) is 4.72 Å². The number of nitrogens with one attached hydrogen (secondary N) is 1. The normalized spacial score (nSPS) is 18.7. The molecule has 10 heteroatoms. The lowest BCUT2D eigenvalue weighted by molar-refractivity contribution is 0.00410. The van der Waals surface area contributed by atoms with E-state index >= 15 is 0 Å². The van der Waals surface area contributed by atoms with Crippen molar-refractivity contribution in [1.82, 2.24) is 4.72 Å². The van der Waals surface area contributed by atoms with Gasteiger partial charge in [-0.3, -0.25) is 4.31 Å². The monoisotopic (exact) mass is 456 g/mol. The average Bonchev–Trinajstić information content (AvgIpc) is 2.72. The van der Waals surface area contributed by atoms with Crippen LogP contribution >= 0.6 is 0 Å². The van der Waals surface area contributed by atoms with Gasteiger partial charge in [-0.15, -0.1) is 0 Å². The maximum Gasteiger partial charge on any atom is 0.240 e. The molecule has 1 heterocycles. The van der Waals surface area contributed by atoms with E-state index < -0.39 is 31.5 Å². The highest BCUT2D eigenvalue weighted by molar-refractivity contribution is 7.92. The van der Waals surface area contributed by atoms with Crippen LogP contribution in [0.1, 0.15) is 25.3 Å². The summed E-state index contributed by atoms with van der Waals surface area (Å²) in [6.07, 6.45) is 1.38. The van der Waals surface area contributed by atoms with Crippen molar-refractivity contribution in [2.45, 2.75) is 30.3 Å². The predicted octanol–water partition coefficient (Wildman–Crippen LogP) is 2.60. The fraction of sp³-hybridized carbons (Fsp3) is 0.400. The molecule has 0 amide bonds. The van der Waals surface area contributed by atoms with Crippen molar-refractivity contribution in [3.8, 4) is 0 Å². The first-order valence-corrected chi connectivity index (χ1v) is 12.6. The number of hydrogen-bond acceptors (Lipinski definition) is 5. The van der Waals surface area contributed by atoms with Crippen molar-refractivity contribution in [2.75, 3.05) is 30.3 Å². The Morgan fingerprint density at radius 2 is 1.80 bits per heavy atom. The Labute approximate surface area is 177 Å². The molecule has 0 aromatic heterocycles. The molecule has 1 aliphatic rings. The molecule has 1 N–H and O–H groups in total. The van der Waals surface area contributed by atoms with Crippen molar-refractivity contribution >= 4 is 25.7 Å². The number of rotatable bonds is 7. The maximum absolute atomic E-state index is 14.2. The van der Waals surface area contributed by atoms with Crippen LogP contribution in [-0.4, -0.2) is 42.8 Å². The molecule has 2 aromatic rings. The minimum atomic E-state index is -3.92. The predicted molar refractivity (Wildman–Crippen MR) is 113 cm³/mol. The van der Waals surface area contributed by atoms with E-state index in [1.807, 2.05) is 0 Å². The smallest absolute Gasteiger partial charge is 0.240 e. The highest BCUT2D eigenvalue weighted by Gasteiger charge is 2.31. The fourth-order valence-corrected chi connectivity index (χ4v) is 6.12. The molecule has 1 aliphatic heterocycles. The van der Waals surface area contributed by atoms with E-state index in [-0.39, 0.29) is 22.8 Å². The molecule has 164 valence electrons. The lowest BCUT2D eigenvalue weighted by Gasteiger charge is -2.29. The first-order chi connectivity index (χ1) is 14.1. The Kier molecular flexibility index (Phi) is 6.51. The third kappa shape index (κ3) is 4.66. The number of halogens is 1. The van der Waals surface area contributed by atoms with Crippen molar-refractivity contribution in [3.63, 3.8) is 0 Å². The van der Waals surface area contributed by atoms with Crippen molar-refractivity contribution in [2.24, 2.45) is 0 Å². The van der Waals surface area contributed by atoms with Gasteiger partial charge in [-0.25, -0.2) is 25.9 Å². The van der Waals surface area contributed by atoms with Crippen molar-refractivity contribution in [3.05, 3.63) is 59.9 Å². The molecule has 1 unspecified atom stereocenters. The zero-order chi connectivity index (χ0) is 22.0. The van der Waals surface area contributed by atoms with Crippen LogP contribution in [0.5, 0.6) is 0 Å². The third-order valence-corrected chi connectivity index (χ3v) is 8.56. The molecule has 7 nitrogen and oxygen atoms in total. The van der Waals surface area contributed by atoms with Gasteiger partial charge in [0.15, 0.2) is 0 Å². The molecule has 30 heavy (non-hydrogen) atoms. The van der Waals surface area contributed by atoms with E-state index in [1.165, 1.54) is 41.7 Å². The number of methoxy groups -OCH3 is 1. The number of ether oxygens (including phenoxy) is 1. The molecule has 1 fully saturated rings. The number of benzene rings is 2. The van der Waals surface area contributed by atoms with Gasteiger partial charge in [0.1, 0.15) is 11.4 Å². The minimum absolute atomic E-state index is 0.0207. The SMILES string of the molecule is COC(C)(CNS(=O)(=O)c1ccc(N2CCCCS2(=O)=O)cc1)c1ccccc1F. The van der Waals surface area contributed by atoms with Crippen LogP contribution in [0.25, 0.3) is 0 Å². The summed E-state index contributed by atoms with van der Waals surface area (Å²) < 4.78 is 73.3. The summed E-state index contributed by atoms with van der Waals surface area (Å²) in [5, 5.41) is 0. The topological polar surface area (TPSA) is 92.8 Å². The molecule has 2 aromatic carbocycles. The van der Waals surface area contributed by atoms with E-state index in [4.69, 9.17) is 4.74 Å². The molecular formula is C20H25FN2O5S2. The minimum Gasteiger partial charge on any atom is -0.372 e. The van der Waals surface area contributed by atoms with Gasteiger partial charge in [-0.2, -0.15) is 0 Å². The molecule has 3 rings (SSSR count). The first-order valence-electron chi connectivity index (χ1n) is 9.49. The lowest BCUT2D eigenvalue weighted by atomic mass is 9.95. The van der Waals surface area contributed by atoms with Crippen LogP contribution in [0.4, 0.5) is 10.1 Å². The first kappa shape index (κ1) is 22.7. The molecule has 1 saturated heterocycles. The highest BCUT2D eigenvalue weighted by Crippen LogP contribution is 2.28. The van der Waals surface area contributed by atoms with Crippen LogP contribution in [0.2, 0.25) is 0 Å². The van der Waals surface area contributed by atoms with Crippen LogP contribution < -0.4 is 9.03 Å². The Morgan fingerprint density at radius 3 is 2.40 bits per heavy atom. The fourth-order valence-electron chi connectivity index (χ4n) is 3.35. The Morgan fingerprint density at radius 1 is 1.13 bits per heavy atom. The number of hydrogen-bond donors (Lipinski definition) is 1. The summed E-state index contributed by atoms with van der Waals surface area (Å²) in [6.45, 7) is 1.79. The second-order valence-electron chi connectivity index (χ2n) is 7.33. The summed E-state index contributed by atoms with van der Waals surface area (Å²) in [5.74, 6) is -0.409. The van der Waals surface area contributed by atoms with Gasteiger partial charge in [0, 0.05) is 25.8 Å². The second kappa shape index (κ2) is 8.62. The van der Waals surface area contributed by atoms with Crippen molar-refractivity contribution < 1.29 is 26.0 Å². The van der Waals surface area contributed by atoms with Crippen LogP contribution in [0, 0.1) is 5.82 Å². The van der Waals surface area contributed by atoms with Crippen LogP contribution in [0.15, 0.2) is 53.4 Å². The zero-order valence-electron chi connectivity index (χ0n) is 16.8. The van der Waals surface area contributed by atoms with Crippen LogP contribution in [-0.2, 0) is 30.4 Å². The van der Waals surface area contributed by atoms with E-state index in [1.54, 1.807) is 25.1 Å². The Balaban J connectivity index is 1.78. The van der Waals surface area contributed by atoms with Gasteiger partial charge >= 0.3 is 0 Å². The standard InChI is InChI=1S/C20H25FN2O5S2/c1-20(28-2,18-7-3-4-8-19(18)21)15-22-30(26,27)17-11-9-16(10-12-17)23-13-5-6-14-29(23,24)25/h3-4,7-12,22H,5-6,13-15H2,1-2H3. The number of anilines is 1. The van der Waals surface area contributed by atoms with Gasteiger partial charge in [0.25, 0.3) is 0 Å². The molecule has 0 spiro atoms. The summed E-state index contributed by atoms with van der Waals surface area (Å²) in [4.78, 5) is -0.0207. The third-order valence-electron chi connectivity index (χ3n) is 5.28. The largest absolute Gasteiger partial charge is 0.372 e. The van der Waals surface area contributed by atoms with E-state index in [9.17, 15) is 21.2 Å². The Bertz CT molecular complexity index is 1100. The summed E-state index contributed by atoms with van der Waals surface area (Å²) in [7, 11) is -5.91. The van der Waals surface area contributed by atoms with Crippen molar-refractivity contribution in [1.29, 1.82) is 0 Å². The van der Waals surface area contributed by atoms with Gasteiger partial charge in [-0.05, 0) is 50.1 Å². The molecule has 0 bridgehead atoms. The maximum atomic E-state index is 14.2.